The van der Waals surface area contributed by atoms with Crippen molar-refractivity contribution in [3.63, 3.8) is 0 Å². The van der Waals surface area contributed by atoms with Crippen LogP contribution in [0.15, 0.2) is 12.1 Å². The Balaban J connectivity index is 2.19. The summed E-state index contributed by atoms with van der Waals surface area (Å²) >= 11 is 0. The molecule has 0 bridgehead atoms. The number of aromatic nitrogens is 1. The normalized spacial score (nSPS) is 16.2. The minimum atomic E-state index is 0.660. The summed E-state index contributed by atoms with van der Waals surface area (Å²) in [5.74, 6) is 0.660. The highest BCUT2D eigenvalue weighted by molar-refractivity contribution is 5.96. The van der Waals surface area contributed by atoms with E-state index >= 15 is 0 Å². The van der Waals surface area contributed by atoms with Gasteiger partial charge < -0.3 is 4.90 Å². The molecule has 1 N–H and O–H groups in total. The maximum atomic E-state index is 8.22. The predicted octanol–water partition coefficient (Wildman–Crippen LogP) is 2.51. The van der Waals surface area contributed by atoms with E-state index in [1.165, 1.54) is 19.3 Å². The smallest absolute Gasteiger partial charge is 0.128 e. The molecule has 1 saturated heterocycles. The van der Waals surface area contributed by atoms with Crippen LogP contribution in [-0.2, 0) is 0 Å². The first kappa shape index (κ1) is 11.1. The summed E-state index contributed by atoms with van der Waals surface area (Å²) in [6, 6.07) is 4.01. The van der Waals surface area contributed by atoms with Gasteiger partial charge in [0.25, 0.3) is 0 Å². The van der Waals surface area contributed by atoms with Gasteiger partial charge in [0.15, 0.2) is 0 Å². The molecule has 16 heavy (non-hydrogen) atoms. The summed E-state index contributed by atoms with van der Waals surface area (Å²) in [6.07, 6.45) is 3.73. The lowest BCUT2D eigenvalue weighted by atomic mass is 10.1. The lowest BCUT2D eigenvalue weighted by Gasteiger charge is -2.29. The zero-order valence-electron chi connectivity index (χ0n) is 10.1. The first-order valence-electron chi connectivity index (χ1n) is 5.96. The van der Waals surface area contributed by atoms with Crippen LogP contribution in [0.4, 0.5) is 0 Å². The number of nitrogens with zero attached hydrogens (tertiary/aromatic N) is 2. The van der Waals surface area contributed by atoms with Crippen LogP contribution < -0.4 is 0 Å². The standard InChI is InChI=1S/C13H19N3/c1-10-8-12(9-11(2)15-10)13(14)16-6-4-3-5-7-16/h8-9,14H,3-7H2,1-2H3. The first-order chi connectivity index (χ1) is 7.66. The van der Waals surface area contributed by atoms with E-state index in [0.717, 1.165) is 30.0 Å². The molecular formula is C13H19N3. The largest absolute Gasteiger partial charge is 0.357 e. The van der Waals surface area contributed by atoms with Gasteiger partial charge in [-0.2, -0.15) is 0 Å². The predicted molar refractivity (Wildman–Crippen MR) is 66.0 cm³/mol. The lowest BCUT2D eigenvalue weighted by molar-refractivity contribution is 0.341. The molecule has 3 nitrogen and oxygen atoms in total. The Morgan fingerprint density at radius 3 is 2.25 bits per heavy atom. The topological polar surface area (TPSA) is 40.0 Å². The van der Waals surface area contributed by atoms with Gasteiger partial charge in [-0.25, -0.2) is 0 Å². The molecule has 1 aliphatic heterocycles. The molecule has 0 atom stereocenters. The molecule has 1 fully saturated rings. The molecule has 0 radical (unpaired) electrons. The maximum Gasteiger partial charge on any atom is 0.128 e. The Labute approximate surface area is 97.0 Å². The molecule has 0 aromatic carbocycles. The van der Waals surface area contributed by atoms with Crippen LogP contribution in [0.2, 0.25) is 0 Å². The van der Waals surface area contributed by atoms with Crippen molar-refractivity contribution in [2.75, 3.05) is 13.1 Å². The summed E-state index contributed by atoms with van der Waals surface area (Å²) in [7, 11) is 0. The second-order valence-electron chi connectivity index (χ2n) is 4.53. The molecule has 0 unspecified atom stereocenters. The highest BCUT2D eigenvalue weighted by atomic mass is 15.2. The van der Waals surface area contributed by atoms with Crippen molar-refractivity contribution in [3.8, 4) is 0 Å². The van der Waals surface area contributed by atoms with Crippen molar-refractivity contribution < 1.29 is 0 Å². The Morgan fingerprint density at radius 1 is 1.12 bits per heavy atom. The van der Waals surface area contributed by atoms with Crippen LogP contribution in [-0.4, -0.2) is 28.8 Å². The Bertz CT molecular complexity index is 372. The molecule has 1 aliphatic rings. The average Bonchev–Trinajstić information content (AvgIpc) is 2.28. The molecular weight excluding hydrogens is 198 g/mol. The van der Waals surface area contributed by atoms with Crippen LogP contribution in [0.1, 0.15) is 36.2 Å². The summed E-state index contributed by atoms with van der Waals surface area (Å²) in [6.45, 7) is 6.03. The van der Waals surface area contributed by atoms with Crippen LogP contribution in [0.3, 0.4) is 0 Å². The number of nitrogens with one attached hydrogen (secondary N) is 1. The second-order valence-corrected chi connectivity index (χ2v) is 4.53. The molecule has 2 rings (SSSR count). The summed E-state index contributed by atoms with van der Waals surface area (Å²) in [4.78, 5) is 6.52. The molecule has 0 amide bonds. The number of hydrogen-bond donors (Lipinski definition) is 1. The second kappa shape index (κ2) is 4.64. The van der Waals surface area contributed by atoms with Gasteiger partial charge in [0.05, 0.1) is 0 Å². The van der Waals surface area contributed by atoms with Crippen LogP contribution in [0, 0.1) is 19.3 Å². The van der Waals surface area contributed by atoms with E-state index < -0.39 is 0 Å². The van der Waals surface area contributed by atoms with Gasteiger partial charge in [0, 0.05) is 30.0 Å². The quantitative estimate of drug-likeness (QED) is 0.580. The van der Waals surface area contributed by atoms with Gasteiger partial charge in [-0.1, -0.05) is 0 Å². The van der Waals surface area contributed by atoms with E-state index in [1.807, 2.05) is 26.0 Å². The molecule has 86 valence electrons. The molecule has 0 saturated carbocycles. The van der Waals surface area contributed by atoms with Gasteiger partial charge in [-0.15, -0.1) is 0 Å². The summed E-state index contributed by atoms with van der Waals surface area (Å²) in [5, 5.41) is 8.22. The van der Waals surface area contributed by atoms with Gasteiger partial charge in [0.1, 0.15) is 5.84 Å². The van der Waals surface area contributed by atoms with E-state index in [4.69, 9.17) is 5.41 Å². The number of piperidine rings is 1. The molecule has 2 heterocycles. The molecule has 1 aromatic rings. The monoisotopic (exact) mass is 217 g/mol. The fourth-order valence-corrected chi connectivity index (χ4v) is 2.27. The zero-order valence-corrected chi connectivity index (χ0v) is 10.1. The molecule has 3 heteroatoms. The van der Waals surface area contributed by atoms with Crippen molar-refractivity contribution in [1.82, 2.24) is 9.88 Å². The van der Waals surface area contributed by atoms with E-state index in [9.17, 15) is 0 Å². The third-order valence-electron chi connectivity index (χ3n) is 3.03. The van der Waals surface area contributed by atoms with Gasteiger partial charge in [-0.3, -0.25) is 10.4 Å². The van der Waals surface area contributed by atoms with Gasteiger partial charge in [-0.05, 0) is 45.2 Å². The van der Waals surface area contributed by atoms with Crippen molar-refractivity contribution in [3.05, 3.63) is 29.1 Å². The lowest BCUT2D eigenvalue weighted by Crippen LogP contribution is -2.35. The van der Waals surface area contributed by atoms with Crippen molar-refractivity contribution in [1.29, 1.82) is 5.41 Å². The Morgan fingerprint density at radius 2 is 1.69 bits per heavy atom. The number of hydrogen-bond acceptors (Lipinski definition) is 2. The van der Waals surface area contributed by atoms with Crippen LogP contribution in [0.25, 0.3) is 0 Å². The van der Waals surface area contributed by atoms with Crippen LogP contribution >= 0.6 is 0 Å². The van der Waals surface area contributed by atoms with E-state index in [-0.39, 0.29) is 0 Å². The summed E-state index contributed by atoms with van der Waals surface area (Å²) in [5.41, 5.74) is 3.00. The zero-order chi connectivity index (χ0) is 11.5. The van der Waals surface area contributed by atoms with Crippen molar-refractivity contribution in [2.45, 2.75) is 33.1 Å². The van der Waals surface area contributed by atoms with E-state index in [1.54, 1.807) is 0 Å². The number of aryl methyl sites for hydroxylation is 2. The minimum absolute atomic E-state index is 0.660. The fraction of sp³-hybridized carbons (Fsp3) is 0.538. The third-order valence-corrected chi connectivity index (χ3v) is 3.03. The summed E-state index contributed by atoms with van der Waals surface area (Å²) < 4.78 is 0. The van der Waals surface area contributed by atoms with Crippen molar-refractivity contribution in [2.24, 2.45) is 0 Å². The van der Waals surface area contributed by atoms with Gasteiger partial charge in [0.2, 0.25) is 0 Å². The molecule has 0 spiro atoms. The Hall–Kier alpha value is -1.38. The number of amidine groups is 1. The minimum Gasteiger partial charge on any atom is -0.357 e. The number of likely N-dealkylation sites (tertiary alicyclic amines) is 1. The van der Waals surface area contributed by atoms with E-state index in [0.29, 0.717) is 5.84 Å². The average molecular weight is 217 g/mol. The first-order valence-corrected chi connectivity index (χ1v) is 5.96. The fourth-order valence-electron chi connectivity index (χ4n) is 2.27. The number of rotatable bonds is 1. The highest BCUT2D eigenvalue weighted by Gasteiger charge is 2.15. The molecule has 0 aliphatic carbocycles. The highest BCUT2D eigenvalue weighted by Crippen LogP contribution is 2.14. The Kier molecular flexibility index (Phi) is 3.22. The third kappa shape index (κ3) is 2.40. The SMILES string of the molecule is Cc1cc(C(=N)N2CCCCC2)cc(C)n1. The molecule has 1 aromatic heterocycles. The van der Waals surface area contributed by atoms with Crippen molar-refractivity contribution >= 4 is 5.84 Å². The number of pyridine rings is 1. The van der Waals surface area contributed by atoms with E-state index in [2.05, 4.69) is 9.88 Å². The maximum absolute atomic E-state index is 8.22. The van der Waals surface area contributed by atoms with Crippen LogP contribution in [0.5, 0.6) is 0 Å². The van der Waals surface area contributed by atoms with Gasteiger partial charge >= 0.3 is 0 Å².